The number of anilines is 1. The Morgan fingerprint density at radius 1 is 1.25 bits per heavy atom. The first-order valence-corrected chi connectivity index (χ1v) is 9.13. The van der Waals surface area contributed by atoms with Crippen LogP contribution in [-0.4, -0.2) is 56.5 Å². The van der Waals surface area contributed by atoms with Crippen LogP contribution in [-0.2, 0) is 9.53 Å². The molecule has 0 unspecified atom stereocenters. The van der Waals surface area contributed by atoms with Gasteiger partial charge in [0.2, 0.25) is 5.76 Å². The zero-order valence-corrected chi connectivity index (χ0v) is 15.4. The number of nitrogens with zero attached hydrogens (tertiary/aromatic N) is 1. The zero-order chi connectivity index (χ0) is 20.1. The molecule has 3 rings (SSSR count). The summed E-state index contributed by atoms with van der Waals surface area (Å²) >= 11 is 0. The number of carbonyl (C=O) groups is 1. The third-order valence-electron chi connectivity index (χ3n) is 4.92. The molecule has 0 aromatic heterocycles. The smallest absolute Gasteiger partial charge is 0.293 e. The summed E-state index contributed by atoms with van der Waals surface area (Å²) in [6, 6.07) is 2.67. The zero-order valence-electron chi connectivity index (χ0n) is 15.4. The van der Waals surface area contributed by atoms with E-state index in [0.717, 1.165) is 18.3 Å². The van der Waals surface area contributed by atoms with Gasteiger partial charge in [0.15, 0.2) is 0 Å². The normalized spacial score (nSPS) is 18.9. The molecule has 1 aliphatic heterocycles. The van der Waals surface area contributed by atoms with E-state index in [-0.39, 0.29) is 23.8 Å². The molecule has 9 heteroatoms. The van der Waals surface area contributed by atoms with Crippen molar-refractivity contribution in [1.82, 2.24) is 10.2 Å². The van der Waals surface area contributed by atoms with Crippen LogP contribution >= 0.6 is 0 Å². The molecular formula is C19H23F3N4O2. The number of amides is 1. The van der Waals surface area contributed by atoms with Crippen molar-refractivity contribution in [3.8, 4) is 0 Å². The van der Waals surface area contributed by atoms with Crippen LogP contribution in [0.2, 0.25) is 0 Å². The van der Waals surface area contributed by atoms with E-state index in [1.807, 2.05) is 4.90 Å². The van der Waals surface area contributed by atoms with Gasteiger partial charge >= 0.3 is 0 Å². The second kappa shape index (κ2) is 8.64. The molecule has 2 fully saturated rings. The van der Waals surface area contributed by atoms with E-state index in [0.29, 0.717) is 45.1 Å². The summed E-state index contributed by atoms with van der Waals surface area (Å²) in [5.41, 5.74) is -0.405. The second-order valence-corrected chi connectivity index (χ2v) is 7.13. The minimum Gasteiger partial charge on any atom is -0.486 e. The maximum absolute atomic E-state index is 13.4. The summed E-state index contributed by atoms with van der Waals surface area (Å²) in [4.78, 5) is 14.6. The number of piperazine rings is 1. The molecule has 0 atom stereocenters. The Hall–Kier alpha value is -2.55. The van der Waals surface area contributed by atoms with Gasteiger partial charge in [-0.3, -0.25) is 9.18 Å². The molecule has 1 heterocycles. The molecule has 0 spiro atoms. The number of hydrogen-bond acceptors (Lipinski definition) is 5. The van der Waals surface area contributed by atoms with Crippen molar-refractivity contribution in [3.05, 3.63) is 41.3 Å². The first kappa shape index (κ1) is 20.2. The summed E-state index contributed by atoms with van der Waals surface area (Å²) < 4.78 is 45.8. The summed E-state index contributed by atoms with van der Waals surface area (Å²) in [7, 11) is 0. The van der Waals surface area contributed by atoms with E-state index >= 15 is 0 Å². The van der Waals surface area contributed by atoms with Gasteiger partial charge in [0.05, 0.1) is 13.3 Å². The standard InChI is InChI=1S/C19H23F3N4O2/c20-11-19(1-2-19)12-28-17(16(10-23)26-5-3-24-4-6-26)18(27)25-15-8-13(21)7-14(22)9-15/h7-10,23-24H,1-6,11-12H2,(H,25,27)/b17-16-,23-10?. The molecule has 1 aromatic rings. The van der Waals surface area contributed by atoms with Gasteiger partial charge in [0.25, 0.3) is 5.91 Å². The lowest BCUT2D eigenvalue weighted by molar-refractivity contribution is -0.116. The molecule has 1 aliphatic carbocycles. The fourth-order valence-electron chi connectivity index (χ4n) is 2.99. The Kier molecular flexibility index (Phi) is 6.23. The molecular weight excluding hydrogens is 373 g/mol. The summed E-state index contributed by atoms with van der Waals surface area (Å²) in [6.07, 6.45) is 2.35. The number of nitrogens with one attached hydrogen (secondary N) is 3. The van der Waals surface area contributed by atoms with E-state index in [9.17, 15) is 18.0 Å². The van der Waals surface area contributed by atoms with Gasteiger partial charge in [-0.05, 0) is 25.0 Å². The van der Waals surface area contributed by atoms with Crippen molar-refractivity contribution in [1.29, 1.82) is 5.41 Å². The molecule has 152 valence electrons. The number of rotatable bonds is 8. The number of halogens is 3. The fourth-order valence-corrected chi connectivity index (χ4v) is 2.99. The molecule has 28 heavy (non-hydrogen) atoms. The average molecular weight is 396 g/mol. The van der Waals surface area contributed by atoms with Crippen molar-refractivity contribution in [2.45, 2.75) is 12.8 Å². The molecule has 3 N–H and O–H groups in total. The highest BCUT2D eigenvalue weighted by molar-refractivity contribution is 6.05. The number of alkyl halides is 1. The van der Waals surface area contributed by atoms with E-state index < -0.39 is 29.6 Å². The van der Waals surface area contributed by atoms with E-state index in [1.165, 1.54) is 0 Å². The Balaban J connectivity index is 1.86. The summed E-state index contributed by atoms with van der Waals surface area (Å²) in [6.45, 7) is 1.94. The van der Waals surface area contributed by atoms with Gasteiger partial charge < -0.3 is 25.7 Å². The lowest BCUT2D eigenvalue weighted by atomic mass is 10.1. The van der Waals surface area contributed by atoms with Gasteiger partial charge in [-0.1, -0.05) is 0 Å². The van der Waals surface area contributed by atoms with Gasteiger partial charge in [-0.25, -0.2) is 8.78 Å². The minimum absolute atomic E-state index is 0.00714. The molecule has 2 aliphatic rings. The quantitative estimate of drug-likeness (QED) is 0.358. The van der Waals surface area contributed by atoms with Crippen LogP contribution in [0.15, 0.2) is 29.7 Å². The van der Waals surface area contributed by atoms with Crippen molar-refractivity contribution in [2.75, 3.05) is 44.8 Å². The van der Waals surface area contributed by atoms with Crippen LogP contribution in [0.1, 0.15) is 12.8 Å². The Labute approximate surface area is 161 Å². The molecule has 0 radical (unpaired) electrons. The van der Waals surface area contributed by atoms with Gasteiger partial charge in [0, 0.05) is 49.6 Å². The summed E-state index contributed by atoms with van der Waals surface area (Å²) in [5, 5.41) is 13.4. The van der Waals surface area contributed by atoms with Crippen molar-refractivity contribution in [2.24, 2.45) is 5.41 Å². The van der Waals surface area contributed by atoms with Gasteiger partial charge in [-0.15, -0.1) is 0 Å². The molecule has 1 amide bonds. The number of ether oxygens (including phenoxy) is 1. The highest BCUT2D eigenvalue weighted by Gasteiger charge is 2.44. The van der Waals surface area contributed by atoms with Crippen molar-refractivity contribution >= 4 is 17.8 Å². The lowest BCUT2D eigenvalue weighted by Gasteiger charge is -2.31. The number of carbonyl (C=O) groups excluding carboxylic acids is 1. The topological polar surface area (TPSA) is 77.5 Å². The number of benzene rings is 1. The van der Waals surface area contributed by atoms with Crippen molar-refractivity contribution in [3.63, 3.8) is 0 Å². The number of hydrogen-bond donors (Lipinski definition) is 3. The van der Waals surface area contributed by atoms with E-state index in [4.69, 9.17) is 10.1 Å². The SMILES string of the molecule is N=C/C(=C(/OCC1(CF)CC1)C(=O)Nc1cc(F)cc(F)c1)N1CCNCC1. The second-order valence-electron chi connectivity index (χ2n) is 7.13. The molecule has 1 saturated carbocycles. The van der Waals surface area contributed by atoms with Gasteiger partial charge in [0.1, 0.15) is 17.3 Å². The first-order valence-electron chi connectivity index (χ1n) is 9.13. The Morgan fingerprint density at radius 3 is 2.43 bits per heavy atom. The Morgan fingerprint density at radius 2 is 1.89 bits per heavy atom. The van der Waals surface area contributed by atoms with Crippen LogP contribution in [0, 0.1) is 22.5 Å². The fraction of sp³-hybridized carbons (Fsp3) is 0.474. The van der Waals surface area contributed by atoms with Crippen LogP contribution in [0.4, 0.5) is 18.9 Å². The third-order valence-corrected chi connectivity index (χ3v) is 4.92. The average Bonchev–Trinajstić information content (AvgIpc) is 3.45. The highest BCUT2D eigenvalue weighted by atomic mass is 19.1. The van der Waals surface area contributed by atoms with E-state index in [1.54, 1.807) is 0 Å². The minimum atomic E-state index is -0.828. The monoisotopic (exact) mass is 396 g/mol. The molecule has 0 bridgehead atoms. The maximum atomic E-state index is 13.4. The lowest BCUT2D eigenvalue weighted by Crippen LogP contribution is -2.44. The van der Waals surface area contributed by atoms with Crippen LogP contribution in [0.3, 0.4) is 0 Å². The predicted octanol–water partition coefficient (Wildman–Crippen LogP) is 2.44. The predicted molar refractivity (Wildman–Crippen MR) is 98.8 cm³/mol. The molecule has 1 saturated heterocycles. The Bertz CT molecular complexity index is 754. The largest absolute Gasteiger partial charge is 0.486 e. The molecule has 6 nitrogen and oxygen atoms in total. The van der Waals surface area contributed by atoms with Crippen LogP contribution in [0.25, 0.3) is 0 Å². The van der Waals surface area contributed by atoms with Crippen LogP contribution < -0.4 is 10.6 Å². The van der Waals surface area contributed by atoms with E-state index in [2.05, 4.69) is 10.6 Å². The van der Waals surface area contributed by atoms with Crippen LogP contribution in [0.5, 0.6) is 0 Å². The highest BCUT2D eigenvalue weighted by Crippen LogP contribution is 2.46. The first-order chi connectivity index (χ1) is 13.5. The summed E-state index contributed by atoms with van der Waals surface area (Å²) in [5.74, 6) is -2.55. The molecule has 1 aromatic carbocycles. The maximum Gasteiger partial charge on any atom is 0.293 e. The third kappa shape index (κ3) is 4.83. The number of allylic oxidation sites excluding steroid dienone is 1. The van der Waals surface area contributed by atoms with Crippen molar-refractivity contribution < 1.29 is 22.7 Å². The van der Waals surface area contributed by atoms with Gasteiger partial charge in [-0.2, -0.15) is 0 Å².